The lowest BCUT2D eigenvalue weighted by Gasteiger charge is -2.33. The number of hydrogen-bond acceptors (Lipinski definition) is 4. The highest BCUT2D eigenvalue weighted by atomic mass is 15.2. The van der Waals surface area contributed by atoms with E-state index < -0.39 is 0 Å². The van der Waals surface area contributed by atoms with E-state index in [4.69, 9.17) is 9.97 Å². The minimum Gasteiger partial charge on any atom is -0.295 e. The van der Waals surface area contributed by atoms with Crippen LogP contribution < -0.4 is 9.80 Å². The molecule has 0 amide bonds. The van der Waals surface area contributed by atoms with Crippen LogP contribution >= 0.6 is 0 Å². The topological polar surface area (TPSA) is 42.1 Å². The molecule has 0 N–H and O–H groups in total. The van der Waals surface area contributed by atoms with Gasteiger partial charge in [0, 0.05) is 38.2 Å². The summed E-state index contributed by atoms with van der Waals surface area (Å²) in [6.45, 7) is 2.16. The van der Waals surface area contributed by atoms with E-state index in [-0.39, 0.29) is 0 Å². The fourth-order valence-corrected chi connectivity index (χ4v) is 10.9. The zero-order chi connectivity index (χ0) is 45.6. The molecule has 9 aromatic carbocycles. The molecule has 0 unspecified atom stereocenters. The highest BCUT2D eigenvalue weighted by Gasteiger charge is 2.30. The molecule has 1 aliphatic heterocycles. The molecule has 0 radical (unpaired) electrons. The first kappa shape index (κ1) is 39.0. The normalized spacial score (nSPS) is 12.1. The summed E-state index contributed by atoms with van der Waals surface area (Å²) in [5.74, 6) is 3.35. The molecule has 0 saturated carbocycles. The molecular weight excluding hydrogens is 841 g/mol. The third kappa shape index (κ3) is 6.05. The average molecular weight is 883 g/mol. The van der Waals surface area contributed by atoms with Crippen molar-refractivity contribution in [3.05, 3.63) is 242 Å². The number of aromatic nitrogens is 4. The van der Waals surface area contributed by atoms with Crippen LogP contribution in [0.1, 0.15) is 5.56 Å². The van der Waals surface area contributed by atoms with Gasteiger partial charge in [0.05, 0.1) is 39.1 Å². The van der Waals surface area contributed by atoms with Gasteiger partial charge in [0.1, 0.15) is 23.3 Å². The number of pyridine rings is 2. The molecule has 0 saturated heterocycles. The number of rotatable bonds is 7. The molecule has 0 aliphatic carbocycles. The number of aryl methyl sites for hydroxylation is 1. The third-order valence-electron chi connectivity index (χ3n) is 14.0. The van der Waals surface area contributed by atoms with Crippen molar-refractivity contribution in [1.29, 1.82) is 0 Å². The lowest BCUT2D eigenvalue weighted by atomic mass is 9.90. The van der Waals surface area contributed by atoms with Crippen molar-refractivity contribution < 1.29 is 0 Å². The van der Waals surface area contributed by atoms with Crippen LogP contribution in [0.5, 0.6) is 0 Å². The van der Waals surface area contributed by atoms with E-state index >= 15 is 0 Å². The smallest absolute Gasteiger partial charge is 0.140 e. The molecule has 1 aliphatic rings. The fraction of sp³-hybridized carbons (Fsp3) is 0.0159. The summed E-state index contributed by atoms with van der Waals surface area (Å²) in [5.41, 5.74) is 14.5. The van der Waals surface area contributed by atoms with Gasteiger partial charge in [0.2, 0.25) is 0 Å². The van der Waals surface area contributed by atoms with Gasteiger partial charge in [-0.3, -0.25) is 18.9 Å². The van der Waals surface area contributed by atoms with Gasteiger partial charge < -0.3 is 0 Å². The van der Waals surface area contributed by atoms with Crippen molar-refractivity contribution in [3.8, 4) is 33.9 Å². The first-order chi connectivity index (χ1) is 34.2. The summed E-state index contributed by atoms with van der Waals surface area (Å²) in [4.78, 5) is 15.8. The van der Waals surface area contributed by atoms with E-state index in [1.165, 1.54) is 32.7 Å². The van der Waals surface area contributed by atoms with Gasteiger partial charge in [-0.1, -0.05) is 152 Å². The molecule has 0 atom stereocenters. The molecule has 14 rings (SSSR count). The van der Waals surface area contributed by atoms with E-state index in [9.17, 15) is 0 Å². The Kier molecular flexibility index (Phi) is 8.70. The lowest BCUT2D eigenvalue weighted by Crippen LogP contribution is -2.17. The number of anilines is 6. The maximum atomic E-state index is 5.61. The predicted molar refractivity (Wildman–Crippen MR) is 287 cm³/mol. The van der Waals surface area contributed by atoms with E-state index in [0.717, 1.165) is 95.6 Å². The number of fused-ring (bicyclic) bond motifs is 8. The second kappa shape index (κ2) is 15.4. The molecule has 324 valence electrons. The molecule has 5 heterocycles. The summed E-state index contributed by atoms with van der Waals surface area (Å²) in [7, 11) is 0. The second-order valence-electron chi connectivity index (χ2n) is 17.9. The van der Waals surface area contributed by atoms with Gasteiger partial charge in [-0.25, -0.2) is 9.97 Å². The minimum atomic E-state index is 0.825. The highest BCUT2D eigenvalue weighted by Crippen LogP contribution is 2.53. The predicted octanol–water partition coefficient (Wildman–Crippen LogP) is 16.7. The Morgan fingerprint density at radius 3 is 1.77 bits per heavy atom. The van der Waals surface area contributed by atoms with Crippen LogP contribution in [0.4, 0.5) is 34.4 Å². The van der Waals surface area contributed by atoms with Crippen LogP contribution in [-0.4, -0.2) is 19.1 Å². The Hall–Kier alpha value is -9.26. The summed E-state index contributed by atoms with van der Waals surface area (Å²) >= 11 is 0. The molecule has 6 heteroatoms. The minimum absolute atomic E-state index is 0.825. The van der Waals surface area contributed by atoms with Crippen LogP contribution in [0.3, 0.4) is 0 Å². The van der Waals surface area contributed by atoms with Gasteiger partial charge in [-0.15, -0.1) is 0 Å². The molecule has 0 spiro atoms. The Morgan fingerprint density at radius 2 is 0.986 bits per heavy atom. The van der Waals surface area contributed by atoms with Crippen molar-refractivity contribution in [2.75, 3.05) is 9.80 Å². The zero-order valence-electron chi connectivity index (χ0n) is 37.7. The largest absolute Gasteiger partial charge is 0.295 e. The number of para-hydroxylation sites is 4. The average Bonchev–Trinajstić information content (AvgIpc) is 3.92. The van der Waals surface area contributed by atoms with Gasteiger partial charge in [0.25, 0.3) is 0 Å². The van der Waals surface area contributed by atoms with Gasteiger partial charge in [-0.05, 0) is 119 Å². The van der Waals surface area contributed by atoms with Crippen LogP contribution in [0.2, 0.25) is 0 Å². The van der Waals surface area contributed by atoms with Crippen LogP contribution in [0, 0.1) is 6.92 Å². The van der Waals surface area contributed by atoms with Gasteiger partial charge in [-0.2, -0.15) is 0 Å². The summed E-state index contributed by atoms with van der Waals surface area (Å²) in [6, 6.07) is 84.7. The molecule has 6 nitrogen and oxygen atoms in total. The summed E-state index contributed by atoms with van der Waals surface area (Å²) in [5, 5.41) is 7.11. The standard InChI is InChI=1S/C63H42N6/c1-41-18-8-11-28-52(41)66(45-23-6-3-7-24-45)59-32-16-34-61(64-59)68-55-37-36-44(42-19-4-2-5-20-42)38-49(55)51-39-50-48-27-14-21-43-22-15-31-56(63(43)48)69(57(50)40-58(51)68)62-35-17-33-60(65-62)67-53-29-12-9-25-46(53)47-26-10-13-30-54(47)67/h2-40H,1H3. The SMILES string of the molecule is Cc1ccccc1N(c1ccccc1)c1cccc(-n2c3ccc(-c4ccccc4)cc3c3cc4c(cc32)N(c2cccc(-n3c5ccccc5c5ccccc53)n2)c2cccc3cccc-4c23)n1. The zero-order valence-corrected chi connectivity index (χ0v) is 37.7. The van der Waals surface area contributed by atoms with Crippen molar-refractivity contribution in [3.63, 3.8) is 0 Å². The Bertz CT molecular complexity index is 4110. The molecule has 4 aromatic heterocycles. The van der Waals surface area contributed by atoms with Crippen LogP contribution in [0.15, 0.2) is 237 Å². The van der Waals surface area contributed by atoms with Crippen molar-refractivity contribution >= 4 is 88.8 Å². The van der Waals surface area contributed by atoms with Gasteiger partial charge >= 0.3 is 0 Å². The molecular formula is C63H42N6. The first-order valence-electron chi connectivity index (χ1n) is 23.5. The van der Waals surface area contributed by atoms with E-state index in [0.29, 0.717) is 0 Å². The Balaban J connectivity index is 1.04. The van der Waals surface area contributed by atoms with Crippen molar-refractivity contribution in [1.82, 2.24) is 19.1 Å². The third-order valence-corrected chi connectivity index (χ3v) is 14.0. The highest BCUT2D eigenvalue weighted by molar-refractivity contribution is 6.19. The van der Waals surface area contributed by atoms with Crippen LogP contribution in [0.25, 0.3) is 88.3 Å². The molecule has 13 aromatic rings. The lowest BCUT2D eigenvalue weighted by molar-refractivity contribution is 1.05. The van der Waals surface area contributed by atoms with E-state index in [2.05, 4.69) is 262 Å². The monoisotopic (exact) mass is 882 g/mol. The summed E-state index contributed by atoms with van der Waals surface area (Å²) < 4.78 is 4.65. The van der Waals surface area contributed by atoms with Crippen LogP contribution in [-0.2, 0) is 0 Å². The Labute approximate surface area is 398 Å². The van der Waals surface area contributed by atoms with Gasteiger partial charge in [0.15, 0.2) is 0 Å². The quantitative estimate of drug-likeness (QED) is 0.160. The van der Waals surface area contributed by atoms with E-state index in [1.54, 1.807) is 0 Å². The Morgan fingerprint density at radius 1 is 0.377 bits per heavy atom. The maximum Gasteiger partial charge on any atom is 0.140 e. The number of benzene rings is 9. The number of nitrogens with zero attached hydrogens (tertiary/aromatic N) is 6. The molecule has 0 bridgehead atoms. The number of hydrogen-bond donors (Lipinski definition) is 0. The maximum absolute atomic E-state index is 5.61. The molecule has 0 fully saturated rings. The second-order valence-corrected chi connectivity index (χ2v) is 17.9. The van der Waals surface area contributed by atoms with E-state index in [1.807, 2.05) is 0 Å². The molecule has 69 heavy (non-hydrogen) atoms. The van der Waals surface area contributed by atoms with Crippen molar-refractivity contribution in [2.24, 2.45) is 0 Å². The summed E-state index contributed by atoms with van der Waals surface area (Å²) in [6.07, 6.45) is 0. The van der Waals surface area contributed by atoms with Crippen molar-refractivity contribution in [2.45, 2.75) is 6.92 Å². The fourth-order valence-electron chi connectivity index (χ4n) is 10.9. The first-order valence-corrected chi connectivity index (χ1v) is 23.5.